The first-order valence-electron chi connectivity index (χ1n) is 8.84. The largest absolute Gasteiger partial charge is 0.495 e. The Morgan fingerprint density at radius 3 is 2.22 bits per heavy atom. The van der Waals surface area contributed by atoms with Gasteiger partial charge in [-0.1, -0.05) is 18.2 Å². The number of aromatic carboxylic acids is 1. The first-order chi connectivity index (χ1) is 14.9. The van der Waals surface area contributed by atoms with Crippen molar-refractivity contribution in [2.75, 3.05) is 11.8 Å². The number of halogens is 4. The summed E-state index contributed by atoms with van der Waals surface area (Å²) in [6.07, 6.45) is -4.76. The predicted octanol–water partition coefficient (Wildman–Crippen LogP) is 5.02. The maximum Gasteiger partial charge on any atom is 0.416 e. The Morgan fingerprint density at radius 1 is 1.00 bits per heavy atom. The number of hydrogen-bond donors (Lipinski definition) is 2. The molecule has 0 aromatic heterocycles. The molecule has 0 bridgehead atoms. The van der Waals surface area contributed by atoms with E-state index >= 15 is 0 Å². The highest BCUT2D eigenvalue weighted by molar-refractivity contribution is 7.92. The minimum atomic E-state index is -4.76. The molecule has 32 heavy (non-hydrogen) atoms. The van der Waals surface area contributed by atoms with Gasteiger partial charge >= 0.3 is 12.1 Å². The van der Waals surface area contributed by atoms with Crippen molar-refractivity contribution >= 4 is 21.7 Å². The number of alkyl halides is 3. The van der Waals surface area contributed by atoms with Crippen molar-refractivity contribution in [1.29, 1.82) is 0 Å². The van der Waals surface area contributed by atoms with Crippen molar-refractivity contribution in [3.63, 3.8) is 0 Å². The minimum absolute atomic E-state index is 0.0509. The second kappa shape index (κ2) is 8.50. The third kappa shape index (κ3) is 4.83. The van der Waals surface area contributed by atoms with Gasteiger partial charge in [-0.25, -0.2) is 17.6 Å². The van der Waals surface area contributed by atoms with Crippen LogP contribution in [0.25, 0.3) is 11.1 Å². The van der Waals surface area contributed by atoms with Crippen LogP contribution < -0.4 is 9.46 Å². The molecule has 0 unspecified atom stereocenters. The van der Waals surface area contributed by atoms with Crippen LogP contribution in [0.2, 0.25) is 0 Å². The molecule has 0 heterocycles. The van der Waals surface area contributed by atoms with Gasteiger partial charge in [-0.3, -0.25) is 4.72 Å². The van der Waals surface area contributed by atoms with Crippen LogP contribution >= 0.6 is 0 Å². The fourth-order valence-electron chi connectivity index (χ4n) is 2.91. The summed E-state index contributed by atoms with van der Waals surface area (Å²) in [7, 11) is -3.44. The molecule has 0 aliphatic heterocycles. The molecule has 3 rings (SSSR count). The molecule has 6 nitrogen and oxygen atoms in total. The molecule has 0 fully saturated rings. The monoisotopic (exact) mass is 469 g/mol. The third-order valence-electron chi connectivity index (χ3n) is 4.45. The molecular formula is C21H15F4NO5S. The van der Waals surface area contributed by atoms with Crippen molar-refractivity contribution in [2.45, 2.75) is 11.1 Å². The van der Waals surface area contributed by atoms with Crippen molar-refractivity contribution < 1.29 is 40.6 Å². The summed E-state index contributed by atoms with van der Waals surface area (Å²) in [6, 6.07) is 10.2. The van der Waals surface area contributed by atoms with Gasteiger partial charge in [0.1, 0.15) is 16.5 Å². The van der Waals surface area contributed by atoms with Crippen LogP contribution in [0.1, 0.15) is 15.9 Å². The molecule has 2 N–H and O–H groups in total. The normalized spacial score (nSPS) is 11.8. The molecule has 0 amide bonds. The summed E-state index contributed by atoms with van der Waals surface area (Å²) in [6.45, 7) is 0. The first-order valence-corrected chi connectivity index (χ1v) is 10.3. The average Bonchev–Trinajstić information content (AvgIpc) is 2.73. The summed E-state index contributed by atoms with van der Waals surface area (Å²) in [5.74, 6) is -2.20. The number of carboxylic acid groups (broad SMARTS) is 1. The SMILES string of the molecule is COc1ccc(C(=O)O)cc1S(=O)(=O)Nc1cc(C(F)(F)F)ccc1-c1ccc(F)cc1. The topological polar surface area (TPSA) is 92.7 Å². The predicted molar refractivity (Wildman–Crippen MR) is 108 cm³/mol. The van der Waals surface area contributed by atoms with Crippen LogP contribution in [-0.2, 0) is 16.2 Å². The third-order valence-corrected chi connectivity index (χ3v) is 5.83. The van der Waals surface area contributed by atoms with Gasteiger partial charge in [-0.05, 0) is 48.0 Å². The van der Waals surface area contributed by atoms with Gasteiger partial charge in [-0.2, -0.15) is 13.2 Å². The highest BCUT2D eigenvalue weighted by atomic mass is 32.2. The molecule has 0 spiro atoms. The van der Waals surface area contributed by atoms with Crippen LogP contribution in [0.15, 0.2) is 65.6 Å². The van der Waals surface area contributed by atoms with Crippen molar-refractivity contribution in [3.05, 3.63) is 77.6 Å². The molecule has 0 saturated heterocycles. The number of anilines is 1. The number of benzene rings is 3. The number of ether oxygens (including phenoxy) is 1. The fourth-order valence-corrected chi connectivity index (χ4v) is 4.17. The van der Waals surface area contributed by atoms with E-state index in [1.165, 1.54) is 12.1 Å². The van der Waals surface area contributed by atoms with Crippen LogP contribution in [0.3, 0.4) is 0 Å². The number of sulfonamides is 1. The van der Waals surface area contributed by atoms with Gasteiger partial charge in [0.25, 0.3) is 10.0 Å². The zero-order chi connectivity index (χ0) is 23.7. The number of nitrogens with one attached hydrogen (secondary N) is 1. The van der Waals surface area contributed by atoms with E-state index in [1.807, 2.05) is 0 Å². The Morgan fingerprint density at radius 2 is 1.66 bits per heavy atom. The van der Waals surface area contributed by atoms with E-state index in [1.54, 1.807) is 0 Å². The molecule has 0 aliphatic carbocycles. The van der Waals surface area contributed by atoms with Crippen LogP contribution in [0.5, 0.6) is 5.75 Å². The molecule has 0 aliphatic rings. The quantitative estimate of drug-likeness (QED) is 0.495. The van der Waals surface area contributed by atoms with E-state index in [0.717, 1.165) is 49.6 Å². The smallest absolute Gasteiger partial charge is 0.416 e. The van der Waals surface area contributed by atoms with Crippen LogP contribution in [0, 0.1) is 5.82 Å². The zero-order valence-electron chi connectivity index (χ0n) is 16.3. The Hall–Kier alpha value is -3.60. The number of carboxylic acids is 1. The maximum atomic E-state index is 13.3. The molecular weight excluding hydrogens is 454 g/mol. The summed E-state index contributed by atoms with van der Waals surface area (Å²) < 4.78 is 86.2. The number of rotatable bonds is 6. The molecule has 3 aromatic rings. The summed E-state index contributed by atoms with van der Waals surface area (Å²) >= 11 is 0. The number of carbonyl (C=O) groups is 1. The Kier molecular flexibility index (Phi) is 6.13. The Balaban J connectivity index is 2.17. The lowest BCUT2D eigenvalue weighted by molar-refractivity contribution is -0.137. The summed E-state index contributed by atoms with van der Waals surface area (Å²) in [4.78, 5) is 10.7. The Labute approximate surface area is 180 Å². The number of methoxy groups -OCH3 is 1. The van der Waals surface area contributed by atoms with E-state index in [4.69, 9.17) is 9.84 Å². The minimum Gasteiger partial charge on any atom is -0.495 e. The lowest BCUT2D eigenvalue weighted by Crippen LogP contribution is -2.16. The van der Waals surface area contributed by atoms with Crippen LogP contribution in [-0.4, -0.2) is 26.6 Å². The maximum absolute atomic E-state index is 13.3. The van der Waals surface area contributed by atoms with Crippen molar-refractivity contribution in [2.24, 2.45) is 0 Å². The molecule has 168 valence electrons. The zero-order valence-corrected chi connectivity index (χ0v) is 17.1. The van der Waals surface area contributed by atoms with Gasteiger partial charge < -0.3 is 9.84 Å². The van der Waals surface area contributed by atoms with Gasteiger partial charge in [0.2, 0.25) is 0 Å². The second-order valence-electron chi connectivity index (χ2n) is 6.54. The highest BCUT2D eigenvalue weighted by Crippen LogP contribution is 2.37. The lowest BCUT2D eigenvalue weighted by atomic mass is 10.0. The second-order valence-corrected chi connectivity index (χ2v) is 8.19. The molecule has 3 aromatic carbocycles. The molecule has 0 atom stereocenters. The fraction of sp³-hybridized carbons (Fsp3) is 0.0952. The first kappa shape index (κ1) is 23.1. The van der Waals surface area contributed by atoms with Crippen molar-refractivity contribution in [3.8, 4) is 16.9 Å². The van der Waals surface area contributed by atoms with E-state index in [-0.39, 0.29) is 22.4 Å². The van der Waals surface area contributed by atoms with E-state index in [0.29, 0.717) is 6.07 Å². The van der Waals surface area contributed by atoms with Gasteiger partial charge in [0, 0.05) is 5.56 Å². The summed E-state index contributed by atoms with van der Waals surface area (Å²) in [5, 5.41) is 9.16. The molecule has 0 saturated carbocycles. The van der Waals surface area contributed by atoms with Gasteiger partial charge in [0.15, 0.2) is 0 Å². The van der Waals surface area contributed by atoms with E-state index in [2.05, 4.69) is 4.72 Å². The van der Waals surface area contributed by atoms with Gasteiger partial charge in [0.05, 0.1) is 23.9 Å². The highest BCUT2D eigenvalue weighted by Gasteiger charge is 2.32. The lowest BCUT2D eigenvalue weighted by Gasteiger charge is -2.17. The van der Waals surface area contributed by atoms with Crippen molar-refractivity contribution in [1.82, 2.24) is 0 Å². The average molecular weight is 469 g/mol. The van der Waals surface area contributed by atoms with E-state index in [9.17, 15) is 30.8 Å². The molecule has 11 heteroatoms. The summed E-state index contributed by atoms with van der Waals surface area (Å²) in [5.41, 5.74) is -1.62. The van der Waals surface area contributed by atoms with Crippen LogP contribution in [0.4, 0.5) is 23.2 Å². The standard InChI is InChI=1S/C21H15F4NO5S/c1-31-18-9-4-13(20(27)28)10-19(18)32(29,30)26-17-11-14(21(23,24)25)5-8-16(17)12-2-6-15(22)7-3-12/h2-11,26H,1H3,(H,27,28). The van der Waals surface area contributed by atoms with Gasteiger partial charge in [-0.15, -0.1) is 0 Å². The van der Waals surface area contributed by atoms with E-state index < -0.39 is 44.1 Å². The Bertz CT molecular complexity index is 1270. The number of hydrogen-bond acceptors (Lipinski definition) is 4. The molecule has 0 radical (unpaired) electrons.